The Morgan fingerprint density at radius 2 is 0.897 bits per heavy atom. The molecule has 0 radical (unpaired) electrons. The third kappa shape index (κ3) is 21.3. The van der Waals surface area contributed by atoms with Crippen molar-refractivity contribution in [3.8, 4) is 0 Å². The summed E-state index contributed by atoms with van der Waals surface area (Å²) in [5, 5.41) is 3.07. The van der Waals surface area contributed by atoms with Crippen molar-refractivity contribution in [2.75, 3.05) is 27.4 Å². The van der Waals surface area contributed by atoms with Crippen LogP contribution in [0.2, 0.25) is 0 Å². The maximum absolute atomic E-state index is 14.4. The molecule has 0 saturated carbocycles. The molecular formula is C52H61F6N2O26P. The summed E-state index contributed by atoms with van der Waals surface area (Å²) in [6.45, 7) is 1.66. The van der Waals surface area contributed by atoms with Crippen LogP contribution in [0.1, 0.15) is 72.4 Å². The van der Waals surface area contributed by atoms with Crippen LogP contribution in [0.5, 0.6) is 0 Å². The van der Waals surface area contributed by atoms with E-state index in [1.165, 1.54) is 5.32 Å². The molecule has 2 saturated heterocycles. The highest BCUT2D eigenvalue weighted by molar-refractivity contribution is 7.41. The molecule has 2 fully saturated rings. The number of alkyl halides is 6. The minimum Gasteiger partial charge on any atom is -0.465 e. The van der Waals surface area contributed by atoms with Crippen molar-refractivity contribution in [1.29, 1.82) is 0 Å². The van der Waals surface area contributed by atoms with Crippen LogP contribution in [0, 0.1) is 0 Å². The molecule has 2 aliphatic heterocycles. The number of methoxy groups -OCH3 is 2. The van der Waals surface area contributed by atoms with Crippen molar-refractivity contribution in [2.45, 2.75) is 159 Å². The number of benzene rings is 2. The van der Waals surface area contributed by atoms with Crippen molar-refractivity contribution in [2.24, 2.45) is 0 Å². The standard InChI is InChI=1S/C52H61F6N2O26P/c1-26(61)74-24-37(80-29(4)64)41(82-31(6)66)43-39(59-45(68)51(53,54)55)35(78-27(2)62)20-49(84-43,47(70)72-8)75-25-38(81-30(5)65)42(83-32(7)67)44-40(60-46(69)52(56,57)58)36(79-28(3)63)21-50(85-44,48(71)73-9)86-87(76-22-33-16-12-10-13-17-33)77-23-34-18-14-11-15-19-34/h10-19,35-44H,20-25H2,1-9H3,(H,59,68)(H,60,69)/t35-,36-,37+,38+,39+,40+,41+,42+,43+,44+,49+,50+/m0/s1. The Morgan fingerprint density at radius 3 is 1.25 bits per heavy atom. The summed E-state index contributed by atoms with van der Waals surface area (Å²) in [6, 6.07) is 11.2. The molecule has 0 bridgehead atoms. The lowest BCUT2D eigenvalue weighted by Gasteiger charge is -2.50. The highest BCUT2D eigenvalue weighted by Crippen LogP contribution is 2.51. The lowest BCUT2D eigenvalue weighted by atomic mass is 9.87. The van der Waals surface area contributed by atoms with Gasteiger partial charge in [-0.2, -0.15) is 26.3 Å². The molecule has 482 valence electrons. The van der Waals surface area contributed by atoms with Gasteiger partial charge in [-0.3, -0.25) is 47.7 Å². The Bertz CT molecular complexity index is 2720. The van der Waals surface area contributed by atoms with E-state index in [0.717, 1.165) is 27.9 Å². The molecule has 2 heterocycles. The van der Waals surface area contributed by atoms with Gasteiger partial charge in [0, 0.05) is 48.5 Å². The van der Waals surface area contributed by atoms with Gasteiger partial charge in [-0.05, 0) is 11.1 Å². The third-order valence-electron chi connectivity index (χ3n) is 12.0. The smallest absolute Gasteiger partial charge is 0.465 e. The van der Waals surface area contributed by atoms with Gasteiger partial charge in [0.25, 0.3) is 11.6 Å². The van der Waals surface area contributed by atoms with Gasteiger partial charge >= 0.3 is 86.5 Å². The van der Waals surface area contributed by atoms with Crippen LogP contribution in [0.25, 0.3) is 0 Å². The number of amides is 2. The number of carbonyl (C=O) groups is 11. The van der Waals surface area contributed by atoms with Crippen molar-refractivity contribution in [1.82, 2.24) is 10.6 Å². The lowest BCUT2D eigenvalue weighted by Crippen LogP contribution is -2.71. The van der Waals surface area contributed by atoms with Crippen LogP contribution < -0.4 is 10.6 Å². The second-order valence-corrected chi connectivity index (χ2v) is 19.9. The first-order chi connectivity index (χ1) is 40.6. The molecule has 2 amide bonds. The number of ether oxygens (including phenoxy) is 12. The van der Waals surface area contributed by atoms with Gasteiger partial charge in [0.05, 0.1) is 59.0 Å². The Labute approximate surface area is 491 Å². The van der Waals surface area contributed by atoms with Crippen LogP contribution in [0.4, 0.5) is 26.3 Å². The average molecular weight is 1280 g/mol. The molecule has 2 N–H and O–H groups in total. The Kier molecular flexibility index (Phi) is 26.3. The monoisotopic (exact) mass is 1270 g/mol. The van der Waals surface area contributed by atoms with E-state index in [1.807, 2.05) is 0 Å². The van der Waals surface area contributed by atoms with Gasteiger partial charge in [0.1, 0.15) is 31.0 Å². The summed E-state index contributed by atoms with van der Waals surface area (Å²) >= 11 is 0. The van der Waals surface area contributed by atoms with Crippen molar-refractivity contribution >= 4 is 74.1 Å². The van der Waals surface area contributed by atoms with Gasteiger partial charge in [-0.25, -0.2) is 9.59 Å². The topological polar surface area (TPSA) is 350 Å². The second-order valence-electron chi connectivity index (χ2n) is 18.7. The number of nitrogens with one attached hydrogen (secondary N) is 2. The number of esters is 9. The minimum absolute atomic E-state index is 0.349. The Hall–Kier alpha value is -7.62. The molecule has 0 unspecified atom stereocenters. The van der Waals surface area contributed by atoms with E-state index in [4.69, 9.17) is 70.4 Å². The molecule has 0 aromatic heterocycles. The van der Waals surface area contributed by atoms with Gasteiger partial charge in [-0.15, -0.1) is 0 Å². The van der Waals surface area contributed by atoms with Crippen LogP contribution in [0.3, 0.4) is 0 Å². The molecule has 35 heteroatoms. The van der Waals surface area contributed by atoms with E-state index in [0.29, 0.717) is 45.9 Å². The van der Waals surface area contributed by atoms with Crippen LogP contribution >= 0.6 is 8.60 Å². The van der Waals surface area contributed by atoms with Gasteiger partial charge in [0.15, 0.2) is 24.4 Å². The Morgan fingerprint density at radius 1 is 0.529 bits per heavy atom. The van der Waals surface area contributed by atoms with E-state index in [2.05, 4.69) is 0 Å². The largest absolute Gasteiger partial charge is 0.471 e. The normalized spacial score (nSPS) is 23.4. The van der Waals surface area contributed by atoms with Crippen LogP contribution in [-0.4, -0.2) is 178 Å². The molecule has 87 heavy (non-hydrogen) atoms. The van der Waals surface area contributed by atoms with E-state index in [1.54, 1.807) is 66.0 Å². The van der Waals surface area contributed by atoms with E-state index >= 15 is 0 Å². The zero-order valence-electron chi connectivity index (χ0n) is 47.6. The van der Waals surface area contributed by atoms with Crippen molar-refractivity contribution in [3.63, 3.8) is 0 Å². The summed E-state index contributed by atoms with van der Waals surface area (Å²) in [7, 11) is -1.59. The van der Waals surface area contributed by atoms with Crippen molar-refractivity contribution < 1.29 is 149 Å². The fourth-order valence-corrected chi connectivity index (χ4v) is 9.79. The lowest BCUT2D eigenvalue weighted by molar-refractivity contribution is -0.324. The first-order valence-electron chi connectivity index (χ1n) is 25.6. The maximum atomic E-state index is 14.4. The van der Waals surface area contributed by atoms with Crippen LogP contribution in [-0.2, 0) is 136 Å². The molecule has 2 aromatic carbocycles. The van der Waals surface area contributed by atoms with Gasteiger partial charge in [-0.1, -0.05) is 60.7 Å². The number of halogens is 6. The summed E-state index contributed by atoms with van der Waals surface area (Å²) in [4.78, 5) is 145. The number of hydrogen-bond acceptors (Lipinski definition) is 26. The predicted octanol–water partition coefficient (Wildman–Crippen LogP) is 3.24. The predicted molar refractivity (Wildman–Crippen MR) is 271 cm³/mol. The summed E-state index contributed by atoms with van der Waals surface area (Å²) in [6.07, 6.45) is -34.1. The molecular weight excluding hydrogens is 1210 g/mol. The molecule has 28 nitrogen and oxygen atoms in total. The molecule has 2 aliphatic rings. The SMILES string of the molecule is COC(=O)[C@@]1(OC[C@@H](OC(C)=O)[C@@H](OC(C)=O)[C@@H]2O[C@](OP(OCc3ccccc3)OCc3ccccc3)(C(=O)OC)C[C@H](OC(C)=O)[C@H]2NC(=O)C(F)(F)F)C[C@H](OC(C)=O)[C@@H](NC(=O)C(F)(F)F)[C@H]([C@H](OC(C)=O)[C@@H](COC(C)=O)OC(C)=O)O1. The minimum atomic E-state index is -5.80. The Balaban J connectivity index is 2.06. The number of carbonyl (C=O) groups excluding carboxylic acids is 11. The first-order valence-corrected chi connectivity index (χ1v) is 26.6. The fraction of sp³-hybridized carbons (Fsp3) is 0.558. The first kappa shape index (κ1) is 71.9. The molecule has 0 spiro atoms. The molecule has 4 rings (SSSR count). The van der Waals surface area contributed by atoms with Gasteiger partial charge < -0.3 is 76.5 Å². The molecule has 12 atom stereocenters. The zero-order chi connectivity index (χ0) is 65.2. The second kappa shape index (κ2) is 31.9. The highest BCUT2D eigenvalue weighted by Gasteiger charge is 2.64. The van der Waals surface area contributed by atoms with Gasteiger partial charge in [0.2, 0.25) is 0 Å². The van der Waals surface area contributed by atoms with E-state index < -0.39 is 185 Å². The fourth-order valence-electron chi connectivity index (χ4n) is 8.67. The molecule has 0 aliphatic carbocycles. The number of hydrogen-bond donors (Lipinski definition) is 2. The maximum Gasteiger partial charge on any atom is 0.471 e. The molecule has 2 aromatic rings. The van der Waals surface area contributed by atoms with E-state index in [-0.39, 0.29) is 13.2 Å². The number of rotatable bonds is 27. The van der Waals surface area contributed by atoms with E-state index in [9.17, 15) is 79.1 Å². The summed E-state index contributed by atoms with van der Waals surface area (Å²) in [5.41, 5.74) is 0.954. The van der Waals surface area contributed by atoms with Crippen molar-refractivity contribution in [3.05, 3.63) is 71.8 Å². The zero-order valence-corrected chi connectivity index (χ0v) is 48.5. The highest BCUT2D eigenvalue weighted by atomic mass is 31.2. The van der Waals surface area contributed by atoms with Crippen LogP contribution in [0.15, 0.2) is 60.7 Å². The third-order valence-corrected chi connectivity index (χ3v) is 13.1. The summed E-state index contributed by atoms with van der Waals surface area (Å²) in [5.74, 6) is -24.9. The quantitative estimate of drug-likeness (QED) is 0.0561. The average Bonchev–Trinajstić information content (AvgIpc) is 0.864. The summed E-state index contributed by atoms with van der Waals surface area (Å²) < 4.78 is 170.